The molecule has 5 atom stereocenters. The molecule has 0 N–H and O–H groups in total. The summed E-state index contributed by atoms with van der Waals surface area (Å²) in [6.45, 7) is 0. The van der Waals surface area contributed by atoms with Crippen molar-refractivity contribution in [3.05, 3.63) is 199 Å². The van der Waals surface area contributed by atoms with Gasteiger partial charge >= 0.3 is 0 Å². The van der Waals surface area contributed by atoms with Crippen LogP contribution in [0.25, 0.3) is 66.4 Å². The second-order valence-corrected chi connectivity index (χ2v) is 17.7. The van der Waals surface area contributed by atoms with E-state index < -0.39 is 0 Å². The zero-order valence-corrected chi connectivity index (χ0v) is 32.9. The van der Waals surface area contributed by atoms with Gasteiger partial charge in [0.2, 0.25) is 0 Å². The summed E-state index contributed by atoms with van der Waals surface area (Å²) in [6.07, 6.45) is 5.51. The Bertz CT molecular complexity index is 3080. The molecule has 0 aliphatic heterocycles. The Balaban J connectivity index is 1.07. The summed E-state index contributed by atoms with van der Waals surface area (Å²) in [7, 11) is 0. The molecular weight excluding hydrogens is 715 g/mol. The average molecular weight is 758 g/mol. The Morgan fingerprint density at radius 3 is 1.95 bits per heavy atom. The molecule has 282 valence electrons. The number of fused-ring (bicyclic) bond motifs is 6. The van der Waals surface area contributed by atoms with Crippen LogP contribution in [0.4, 0.5) is 17.1 Å². The van der Waals surface area contributed by atoms with Crippen molar-refractivity contribution in [2.24, 2.45) is 23.7 Å². The first-order chi connectivity index (χ1) is 29.2. The summed E-state index contributed by atoms with van der Waals surface area (Å²) in [5.41, 5.74) is 18.6. The van der Waals surface area contributed by atoms with E-state index in [2.05, 4.69) is 193 Å². The Kier molecular flexibility index (Phi) is 7.17. The SMILES string of the molecule is c1ccc(-c2ccc(N(c3cc(-c4ccccc4)cc(-c4cccc5c4C4(c6ccccc6-5)C5CC6CC(C5)C4C6)c3)c3cccc4c3oc3ccccc34)cc2)cc1. The molecule has 9 aromatic rings. The molecule has 4 saturated carbocycles. The summed E-state index contributed by atoms with van der Waals surface area (Å²) in [4.78, 5) is 2.43. The standard InChI is InChI=1S/C57H43NO/c1-3-13-37(14-4-1)39-25-27-44(28-26-39)58(53-23-12-21-50-48-18-8-10-24-54(48)59-56(50)53)45-34-40(38-15-5-2-6-16-38)32-41(35-45)46-19-11-20-49-47-17-7-9-22-51(47)57(55(46)49)43-30-36-29-42(33-43)52(57)31-36/h1-28,32,34-36,42-43,52H,29-31,33H2. The van der Waals surface area contributed by atoms with Gasteiger partial charge in [-0.2, -0.15) is 0 Å². The molecule has 8 aromatic carbocycles. The summed E-state index contributed by atoms with van der Waals surface area (Å²) in [5.74, 6) is 3.12. The molecule has 1 heterocycles. The molecule has 5 aliphatic rings. The lowest BCUT2D eigenvalue weighted by Crippen LogP contribution is -2.40. The lowest BCUT2D eigenvalue weighted by Gasteiger charge is -2.44. The van der Waals surface area contributed by atoms with E-state index in [1.165, 1.54) is 70.2 Å². The van der Waals surface area contributed by atoms with Gasteiger partial charge in [-0.3, -0.25) is 0 Å². The van der Waals surface area contributed by atoms with Gasteiger partial charge in [-0.25, -0.2) is 0 Å². The summed E-state index contributed by atoms with van der Waals surface area (Å²) in [5, 5.41) is 2.25. The van der Waals surface area contributed by atoms with Crippen LogP contribution in [0.3, 0.4) is 0 Å². The third-order valence-corrected chi connectivity index (χ3v) is 14.8. The number of nitrogens with zero attached hydrogens (tertiary/aromatic N) is 1. The highest BCUT2D eigenvalue weighted by Gasteiger charge is 2.66. The van der Waals surface area contributed by atoms with E-state index in [0.717, 1.165) is 50.8 Å². The largest absolute Gasteiger partial charge is 0.454 e. The predicted octanol–water partition coefficient (Wildman–Crippen LogP) is 15.4. The first-order valence-electron chi connectivity index (χ1n) is 21.5. The molecule has 4 bridgehead atoms. The van der Waals surface area contributed by atoms with E-state index in [1.807, 2.05) is 0 Å². The van der Waals surface area contributed by atoms with Gasteiger partial charge in [-0.1, -0.05) is 146 Å². The van der Waals surface area contributed by atoms with Gasteiger partial charge in [0.05, 0.1) is 5.69 Å². The Morgan fingerprint density at radius 2 is 1.12 bits per heavy atom. The van der Waals surface area contributed by atoms with Crippen LogP contribution in [0.5, 0.6) is 0 Å². The summed E-state index contributed by atoms with van der Waals surface area (Å²) < 4.78 is 6.80. The molecule has 59 heavy (non-hydrogen) atoms. The van der Waals surface area contributed by atoms with Crippen molar-refractivity contribution in [1.29, 1.82) is 0 Å². The molecular formula is C57H43NO. The molecule has 0 saturated heterocycles. The third kappa shape index (κ3) is 4.81. The molecule has 0 radical (unpaired) electrons. The second-order valence-electron chi connectivity index (χ2n) is 17.7. The van der Waals surface area contributed by atoms with Crippen molar-refractivity contribution in [1.82, 2.24) is 0 Å². The van der Waals surface area contributed by atoms with Crippen molar-refractivity contribution in [2.45, 2.75) is 31.1 Å². The molecule has 2 nitrogen and oxygen atoms in total. The zero-order chi connectivity index (χ0) is 38.7. The third-order valence-electron chi connectivity index (χ3n) is 14.8. The van der Waals surface area contributed by atoms with Gasteiger partial charge < -0.3 is 9.32 Å². The topological polar surface area (TPSA) is 16.4 Å². The Hall–Kier alpha value is -6.64. The summed E-state index contributed by atoms with van der Waals surface area (Å²) >= 11 is 0. The fourth-order valence-electron chi connectivity index (χ4n) is 12.7. The van der Waals surface area contributed by atoms with E-state index in [-0.39, 0.29) is 5.41 Å². The van der Waals surface area contributed by atoms with Gasteiger partial charge in [0.1, 0.15) is 5.58 Å². The van der Waals surface area contributed by atoms with Gasteiger partial charge in [0.25, 0.3) is 0 Å². The number of rotatable bonds is 6. The highest BCUT2D eigenvalue weighted by molar-refractivity contribution is 6.10. The molecule has 2 heteroatoms. The van der Waals surface area contributed by atoms with Gasteiger partial charge in [-0.05, 0) is 147 Å². The van der Waals surface area contributed by atoms with E-state index in [0.29, 0.717) is 11.8 Å². The summed E-state index contributed by atoms with van der Waals surface area (Å²) in [6, 6.07) is 69.7. The van der Waals surface area contributed by atoms with Gasteiger partial charge in [0, 0.05) is 27.6 Å². The van der Waals surface area contributed by atoms with E-state index >= 15 is 0 Å². The van der Waals surface area contributed by atoms with Crippen molar-refractivity contribution in [2.75, 3.05) is 4.90 Å². The fraction of sp³-hybridized carbons (Fsp3) is 0.158. The minimum atomic E-state index is 0.0654. The normalized spacial score (nSPS) is 22.0. The number of furan rings is 1. The van der Waals surface area contributed by atoms with Crippen LogP contribution in [0, 0.1) is 23.7 Å². The van der Waals surface area contributed by atoms with Crippen molar-refractivity contribution in [3.8, 4) is 44.5 Å². The average Bonchev–Trinajstić information content (AvgIpc) is 3.99. The number of anilines is 3. The molecule has 14 rings (SSSR count). The van der Waals surface area contributed by atoms with Crippen LogP contribution in [0.1, 0.15) is 36.8 Å². The molecule has 5 aliphatic carbocycles. The van der Waals surface area contributed by atoms with Gasteiger partial charge in [-0.15, -0.1) is 0 Å². The second kappa shape index (κ2) is 12.7. The van der Waals surface area contributed by atoms with Crippen LogP contribution < -0.4 is 4.90 Å². The Morgan fingerprint density at radius 1 is 0.458 bits per heavy atom. The smallest absolute Gasteiger partial charge is 0.159 e. The minimum absolute atomic E-state index is 0.0654. The monoisotopic (exact) mass is 757 g/mol. The number of para-hydroxylation sites is 2. The molecule has 0 amide bonds. The maximum absolute atomic E-state index is 6.80. The van der Waals surface area contributed by atoms with Crippen molar-refractivity contribution in [3.63, 3.8) is 0 Å². The number of benzene rings is 8. The number of hydrogen-bond donors (Lipinski definition) is 0. The van der Waals surface area contributed by atoms with Crippen LogP contribution in [0.2, 0.25) is 0 Å². The maximum Gasteiger partial charge on any atom is 0.159 e. The Labute approximate surface area is 345 Å². The lowest BCUT2D eigenvalue weighted by atomic mass is 9.58. The van der Waals surface area contributed by atoms with Crippen molar-refractivity contribution < 1.29 is 4.42 Å². The highest BCUT2D eigenvalue weighted by Crippen LogP contribution is 2.73. The first kappa shape index (κ1) is 33.3. The number of hydrogen-bond acceptors (Lipinski definition) is 2. The minimum Gasteiger partial charge on any atom is -0.454 e. The highest BCUT2D eigenvalue weighted by atomic mass is 16.3. The van der Waals surface area contributed by atoms with Crippen LogP contribution >= 0.6 is 0 Å². The van der Waals surface area contributed by atoms with Gasteiger partial charge in [0.15, 0.2) is 5.58 Å². The first-order valence-corrected chi connectivity index (χ1v) is 21.5. The maximum atomic E-state index is 6.80. The molecule has 1 aromatic heterocycles. The lowest BCUT2D eigenvalue weighted by molar-refractivity contribution is 0.191. The molecule has 4 fully saturated rings. The van der Waals surface area contributed by atoms with E-state index in [1.54, 1.807) is 11.1 Å². The predicted molar refractivity (Wildman–Crippen MR) is 243 cm³/mol. The van der Waals surface area contributed by atoms with E-state index in [9.17, 15) is 0 Å². The van der Waals surface area contributed by atoms with Crippen LogP contribution in [0.15, 0.2) is 192 Å². The van der Waals surface area contributed by atoms with Crippen LogP contribution in [-0.4, -0.2) is 0 Å². The molecule has 1 spiro atoms. The molecule has 5 unspecified atom stereocenters. The zero-order valence-electron chi connectivity index (χ0n) is 32.9. The van der Waals surface area contributed by atoms with Crippen LogP contribution in [-0.2, 0) is 5.41 Å². The van der Waals surface area contributed by atoms with Crippen molar-refractivity contribution >= 4 is 39.0 Å². The fourth-order valence-corrected chi connectivity index (χ4v) is 12.7. The quantitative estimate of drug-likeness (QED) is 0.168. The van der Waals surface area contributed by atoms with E-state index in [4.69, 9.17) is 4.42 Å².